The minimum atomic E-state index is -1.69. The number of carboxylic acid groups (broad SMARTS) is 2. The number of benzene rings is 3. The van der Waals surface area contributed by atoms with Gasteiger partial charge < -0.3 is 57.1 Å². The maximum atomic E-state index is 14.0. The predicted molar refractivity (Wildman–Crippen MR) is 204 cm³/mol. The van der Waals surface area contributed by atoms with Crippen molar-refractivity contribution in [1.82, 2.24) is 26.3 Å². The summed E-state index contributed by atoms with van der Waals surface area (Å²) < 4.78 is 0. The van der Waals surface area contributed by atoms with E-state index in [-0.39, 0.29) is 23.2 Å². The van der Waals surface area contributed by atoms with Crippen LogP contribution in [0, 0.1) is 11.8 Å². The lowest BCUT2D eigenvalue weighted by molar-refractivity contribution is -0.144. The molecule has 0 aliphatic carbocycles. The topological polar surface area (TPSA) is 297 Å². The molecular weight excluding hydrogens is 744 g/mol. The SMILES string of the molecule is CC(C)[C@@H](NC(=O)[C@H](CC(=O)O)NC(=O)[C@H](NC(=O)[C@H](Cc1c[nH]c2ccccc12)NC(=O)c1ccc(NC(=O)c2cc(O)c(O)c(O)c2)cc1)C(C)C)C(=O)O. The number of aromatic amines is 1. The number of aliphatic carboxylic acids is 2. The van der Waals surface area contributed by atoms with Crippen molar-refractivity contribution in [2.24, 2.45) is 11.8 Å². The quantitative estimate of drug-likeness (QED) is 0.0687. The first kappa shape index (κ1) is 42.6. The molecule has 3 aromatic carbocycles. The van der Waals surface area contributed by atoms with Gasteiger partial charge in [-0.05, 0) is 59.9 Å². The summed E-state index contributed by atoms with van der Waals surface area (Å²) in [5.41, 5.74) is 1.55. The number of fused-ring (bicyclic) bond motifs is 1. The first-order valence-electron chi connectivity index (χ1n) is 17.7. The van der Waals surface area contributed by atoms with Gasteiger partial charge in [-0.1, -0.05) is 45.9 Å². The average Bonchev–Trinajstić information content (AvgIpc) is 3.56. The van der Waals surface area contributed by atoms with Crippen molar-refractivity contribution in [1.29, 1.82) is 0 Å². The van der Waals surface area contributed by atoms with E-state index in [0.29, 0.717) is 5.56 Å². The van der Waals surface area contributed by atoms with Crippen molar-refractivity contribution in [3.05, 3.63) is 83.6 Å². The number of para-hydroxylation sites is 1. The molecule has 0 spiro atoms. The molecule has 0 bridgehead atoms. The van der Waals surface area contributed by atoms with E-state index in [2.05, 4.69) is 31.6 Å². The molecule has 0 unspecified atom stereocenters. The third-order valence-electron chi connectivity index (χ3n) is 8.95. The molecule has 1 aromatic heterocycles. The van der Waals surface area contributed by atoms with Crippen molar-refractivity contribution in [2.75, 3.05) is 5.32 Å². The normalized spacial score (nSPS) is 13.2. The van der Waals surface area contributed by atoms with E-state index in [0.717, 1.165) is 23.0 Å². The summed E-state index contributed by atoms with van der Waals surface area (Å²) in [5, 5.41) is 61.2. The van der Waals surface area contributed by atoms with Crippen molar-refractivity contribution in [3.63, 3.8) is 0 Å². The Bertz CT molecular complexity index is 2140. The van der Waals surface area contributed by atoms with Gasteiger partial charge in [-0.2, -0.15) is 0 Å². The highest BCUT2D eigenvalue weighted by Gasteiger charge is 2.34. The third-order valence-corrected chi connectivity index (χ3v) is 8.95. The predicted octanol–water partition coefficient (Wildman–Crippen LogP) is 2.20. The summed E-state index contributed by atoms with van der Waals surface area (Å²) in [6.07, 6.45) is 0.738. The molecule has 0 saturated heterocycles. The van der Waals surface area contributed by atoms with Crippen LogP contribution in [0.25, 0.3) is 10.9 Å². The summed E-state index contributed by atoms with van der Waals surface area (Å²) in [7, 11) is 0. The second kappa shape index (κ2) is 18.5. The van der Waals surface area contributed by atoms with Crippen molar-refractivity contribution in [2.45, 2.75) is 64.7 Å². The highest BCUT2D eigenvalue weighted by Crippen LogP contribution is 2.35. The monoisotopic (exact) mass is 788 g/mol. The fourth-order valence-electron chi connectivity index (χ4n) is 5.82. The highest BCUT2D eigenvalue weighted by molar-refractivity contribution is 6.05. The first-order chi connectivity index (χ1) is 26.9. The Morgan fingerprint density at radius 3 is 1.81 bits per heavy atom. The molecule has 18 heteroatoms. The zero-order valence-electron chi connectivity index (χ0n) is 31.3. The van der Waals surface area contributed by atoms with E-state index in [1.54, 1.807) is 26.1 Å². The van der Waals surface area contributed by atoms with Crippen LogP contribution in [0.15, 0.2) is 66.9 Å². The Balaban J connectivity index is 1.55. The number of hydrogen-bond acceptors (Lipinski definition) is 10. The molecule has 57 heavy (non-hydrogen) atoms. The zero-order chi connectivity index (χ0) is 42.1. The van der Waals surface area contributed by atoms with Crippen molar-refractivity contribution < 1.29 is 59.1 Å². The van der Waals surface area contributed by atoms with Crippen LogP contribution < -0.4 is 26.6 Å². The largest absolute Gasteiger partial charge is 0.504 e. The number of carbonyl (C=O) groups is 7. The Labute approximate surface area is 325 Å². The van der Waals surface area contributed by atoms with Crippen LogP contribution in [-0.2, 0) is 30.4 Å². The Morgan fingerprint density at radius 1 is 0.649 bits per heavy atom. The number of phenolic OH excluding ortho intramolecular Hbond substituents is 3. The van der Waals surface area contributed by atoms with Gasteiger partial charge in [-0.15, -0.1) is 0 Å². The molecule has 0 aliphatic rings. The maximum absolute atomic E-state index is 14.0. The number of aromatic nitrogens is 1. The molecule has 4 atom stereocenters. The minimum Gasteiger partial charge on any atom is -0.504 e. The lowest BCUT2D eigenvalue weighted by Crippen LogP contribution is -2.59. The number of carbonyl (C=O) groups excluding carboxylic acids is 5. The smallest absolute Gasteiger partial charge is 0.326 e. The van der Waals surface area contributed by atoms with Crippen LogP contribution in [0.3, 0.4) is 0 Å². The molecule has 1 heterocycles. The lowest BCUT2D eigenvalue weighted by Gasteiger charge is -2.28. The Morgan fingerprint density at radius 2 is 1.23 bits per heavy atom. The molecular formula is C39H44N6O12. The second-order valence-electron chi connectivity index (χ2n) is 13.9. The summed E-state index contributed by atoms with van der Waals surface area (Å²) in [6, 6.07) is 8.97. The highest BCUT2D eigenvalue weighted by atomic mass is 16.4. The molecule has 0 saturated carbocycles. The second-order valence-corrected chi connectivity index (χ2v) is 13.9. The lowest BCUT2D eigenvalue weighted by atomic mass is 9.99. The molecule has 4 aromatic rings. The van der Waals surface area contributed by atoms with Crippen LogP contribution in [0.5, 0.6) is 17.2 Å². The first-order valence-corrected chi connectivity index (χ1v) is 17.7. The molecule has 0 radical (unpaired) electrons. The van der Waals surface area contributed by atoms with Gasteiger partial charge in [0.15, 0.2) is 17.2 Å². The zero-order valence-corrected chi connectivity index (χ0v) is 31.3. The van der Waals surface area contributed by atoms with Crippen LogP contribution in [0.1, 0.15) is 60.4 Å². The number of anilines is 1. The summed E-state index contributed by atoms with van der Waals surface area (Å²) in [5.74, 6) is -10.4. The molecule has 4 rings (SSSR count). The molecule has 11 N–H and O–H groups in total. The number of H-pyrrole nitrogens is 1. The Hall–Kier alpha value is -7.11. The van der Waals surface area contributed by atoms with Crippen LogP contribution in [0.4, 0.5) is 5.69 Å². The maximum Gasteiger partial charge on any atom is 0.326 e. The number of nitrogens with one attached hydrogen (secondary N) is 6. The number of hydrogen-bond donors (Lipinski definition) is 11. The number of amides is 5. The van der Waals surface area contributed by atoms with Crippen LogP contribution >= 0.6 is 0 Å². The summed E-state index contributed by atoms with van der Waals surface area (Å²) in [6.45, 7) is 6.26. The standard InChI is InChI=1S/C39H44N6O12/c1-18(2)31(38(55)43-27(16-30(48)49)37(54)45-32(19(3)4)39(56)57)44-36(53)26(13-22-17-40-25-8-6-5-7-24(22)25)42-34(51)20-9-11-23(12-10-20)41-35(52)21-14-28(46)33(50)29(47)15-21/h5-12,14-15,17-19,26-27,31-32,40,46-47,50H,13,16H2,1-4H3,(H,41,52)(H,42,51)(H,43,55)(H,44,53)(H,45,54)(H,48,49)(H,56,57)/t26-,27-,31+,32+/m0/s1. The summed E-state index contributed by atoms with van der Waals surface area (Å²) >= 11 is 0. The molecule has 18 nitrogen and oxygen atoms in total. The van der Waals surface area contributed by atoms with E-state index in [1.807, 2.05) is 18.2 Å². The molecule has 5 amide bonds. The number of aromatic hydroxyl groups is 3. The van der Waals surface area contributed by atoms with Gasteiger partial charge >= 0.3 is 11.9 Å². The van der Waals surface area contributed by atoms with Crippen molar-refractivity contribution >= 4 is 58.1 Å². The van der Waals surface area contributed by atoms with E-state index in [1.165, 1.54) is 38.1 Å². The average molecular weight is 789 g/mol. The molecule has 302 valence electrons. The van der Waals surface area contributed by atoms with E-state index < -0.39 is 101 Å². The van der Waals surface area contributed by atoms with E-state index in [4.69, 9.17) is 0 Å². The van der Waals surface area contributed by atoms with Gasteiger partial charge in [0, 0.05) is 40.3 Å². The van der Waals surface area contributed by atoms with Gasteiger partial charge in [0.1, 0.15) is 24.2 Å². The molecule has 0 aliphatic heterocycles. The minimum absolute atomic E-state index is 0.0513. The van der Waals surface area contributed by atoms with Crippen LogP contribution in [0.2, 0.25) is 0 Å². The van der Waals surface area contributed by atoms with Gasteiger partial charge in [-0.3, -0.25) is 28.8 Å². The van der Waals surface area contributed by atoms with Gasteiger partial charge in [-0.25, -0.2) is 4.79 Å². The molecule has 0 fully saturated rings. The van der Waals surface area contributed by atoms with Crippen molar-refractivity contribution in [3.8, 4) is 17.2 Å². The summed E-state index contributed by atoms with van der Waals surface area (Å²) in [4.78, 5) is 93.3. The van der Waals surface area contributed by atoms with Gasteiger partial charge in [0.2, 0.25) is 17.7 Å². The number of carboxylic acids is 2. The number of rotatable bonds is 17. The van der Waals surface area contributed by atoms with Crippen LogP contribution in [-0.4, -0.2) is 96.2 Å². The Kier molecular flexibility index (Phi) is 13.8. The van der Waals surface area contributed by atoms with E-state index >= 15 is 0 Å². The van der Waals surface area contributed by atoms with Gasteiger partial charge in [0.05, 0.1) is 6.42 Å². The van der Waals surface area contributed by atoms with E-state index in [9.17, 15) is 59.1 Å². The fourth-order valence-corrected chi connectivity index (χ4v) is 5.82. The van der Waals surface area contributed by atoms with Gasteiger partial charge in [0.25, 0.3) is 11.8 Å². The fraction of sp³-hybridized carbons (Fsp3) is 0.308. The number of phenols is 3. The third kappa shape index (κ3) is 11.0.